The number of anilines is 1. The van der Waals surface area contributed by atoms with E-state index < -0.39 is 23.6 Å². The van der Waals surface area contributed by atoms with Crippen molar-refractivity contribution in [2.45, 2.75) is 38.5 Å². The van der Waals surface area contributed by atoms with Crippen LogP contribution in [0.25, 0.3) is 0 Å². The minimum absolute atomic E-state index is 0.0981. The van der Waals surface area contributed by atoms with Crippen LogP contribution in [0, 0.1) is 30.0 Å². The summed E-state index contributed by atoms with van der Waals surface area (Å²) in [7, 11) is 0.470. The Morgan fingerprint density at radius 2 is 2.21 bits per heavy atom. The fourth-order valence-electron chi connectivity index (χ4n) is 3.53. The molecule has 0 radical (unpaired) electrons. The number of benzene rings is 1. The number of hydrogen-bond acceptors (Lipinski definition) is 3. The monoisotopic (exact) mass is 421 g/mol. The molecule has 0 spiro atoms. The number of terminal acetylenes is 1. The average molecular weight is 422 g/mol. The van der Waals surface area contributed by atoms with Gasteiger partial charge in [-0.1, -0.05) is 39.3 Å². The first-order valence-electron chi connectivity index (χ1n) is 9.35. The Morgan fingerprint density at radius 1 is 1.43 bits per heavy atom. The van der Waals surface area contributed by atoms with E-state index in [0.29, 0.717) is 21.4 Å². The average Bonchev–Trinajstić information content (AvgIpc) is 2.94. The first-order chi connectivity index (χ1) is 13.5. The lowest BCUT2D eigenvalue weighted by atomic mass is 9.86. The molecule has 4 atom stereocenters. The number of amides is 2. The molecule has 1 heterocycles. The molecule has 28 heavy (non-hydrogen) atoms. The quantitative estimate of drug-likeness (QED) is 0.210. The van der Waals surface area contributed by atoms with E-state index in [1.54, 1.807) is 6.08 Å². The first-order valence-corrected chi connectivity index (χ1v) is 11.0. The van der Waals surface area contributed by atoms with E-state index in [-0.39, 0.29) is 28.2 Å². The second-order valence-corrected chi connectivity index (χ2v) is 8.77. The van der Waals surface area contributed by atoms with Crippen LogP contribution in [-0.2, 0) is 9.59 Å². The third-order valence-electron chi connectivity index (χ3n) is 4.99. The molecule has 7 heteroatoms. The molecule has 0 aromatic heterocycles. The predicted octanol–water partition coefficient (Wildman–Crippen LogP) is 4.75. The molecule has 2 aliphatic rings. The van der Waals surface area contributed by atoms with Crippen LogP contribution in [0.2, 0.25) is 5.02 Å². The van der Waals surface area contributed by atoms with Gasteiger partial charge in [0.2, 0.25) is 11.8 Å². The van der Waals surface area contributed by atoms with Gasteiger partial charge in [-0.25, -0.2) is 9.29 Å². The SMILES string of the molecule is C#CCCPC(CC)Oc1cc(N2C(=O)C3C=CCCC3C2=O)c(F)cc1Cl. The van der Waals surface area contributed by atoms with E-state index in [1.807, 2.05) is 13.0 Å². The first kappa shape index (κ1) is 20.8. The summed E-state index contributed by atoms with van der Waals surface area (Å²) in [6, 6.07) is 2.46. The molecule has 0 N–H and O–H groups in total. The highest BCUT2D eigenvalue weighted by Gasteiger charge is 2.48. The standard InChI is InChI=1S/C21H22ClFNO3P/c1-3-5-10-28-19(4-2)27-18-12-17(16(23)11-15(18)22)24-20(25)13-8-6-7-9-14(13)21(24)26/h1,6,8,11-14,19,28H,4-5,7,9-10H2,2H3. The number of allylic oxidation sites excluding steroid dienone is 1. The summed E-state index contributed by atoms with van der Waals surface area (Å²) >= 11 is 6.17. The lowest BCUT2D eigenvalue weighted by Crippen LogP contribution is -2.31. The molecule has 3 rings (SSSR count). The van der Waals surface area contributed by atoms with Crippen molar-refractivity contribution in [1.82, 2.24) is 0 Å². The molecule has 1 aliphatic heterocycles. The smallest absolute Gasteiger partial charge is 0.241 e. The summed E-state index contributed by atoms with van der Waals surface area (Å²) < 4.78 is 20.6. The Kier molecular flexibility index (Phi) is 6.75. The third kappa shape index (κ3) is 4.09. The fourth-order valence-corrected chi connectivity index (χ4v) is 4.84. The maximum atomic E-state index is 14.6. The van der Waals surface area contributed by atoms with E-state index in [9.17, 15) is 14.0 Å². The van der Waals surface area contributed by atoms with Crippen LogP contribution >= 0.6 is 20.2 Å². The van der Waals surface area contributed by atoms with Crippen molar-refractivity contribution in [3.63, 3.8) is 0 Å². The summed E-state index contributed by atoms with van der Waals surface area (Å²) in [5, 5.41) is 0.109. The van der Waals surface area contributed by atoms with Crippen molar-refractivity contribution >= 4 is 37.7 Å². The van der Waals surface area contributed by atoms with Gasteiger partial charge in [-0.2, -0.15) is 0 Å². The van der Waals surface area contributed by atoms with E-state index in [1.165, 1.54) is 6.07 Å². The Hall–Kier alpha value is -1.89. The van der Waals surface area contributed by atoms with Crippen LogP contribution in [0.1, 0.15) is 32.6 Å². The van der Waals surface area contributed by atoms with Crippen molar-refractivity contribution in [2.24, 2.45) is 11.8 Å². The van der Waals surface area contributed by atoms with Gasteiger partial charge in [0.25, 0.3) is 0 Å². The van der Waals surface area contributed by atoms with Crippen molar-refractivity contribution in [1.29, 1.82) is 0 Å². The Labute approximate surface area is 171 Å². The second kappa shape index (κ2) is 9.07. The summed E-state index contributed by atoms with van der Waals surface area (Å²) in [6.45, 7) is 1.98. The molecular formula is C21H22ClFNO3P. The van der Waals surface area contributed by atoms with E-state index in [4.69, 9.17) is 22.8 Å². The summed E-state index contributed by atoms with van der Waals surface area (Å²) in [6.07, 6.45) is 12.5. The van der Waals surface area contributed by atoms with Crippen molar-refractivity contribution < 1.29 is 18.7 Å². The number of halogens is 2. The Bertz CT molecular complexity index is 851. The van der Waals surface area contributed by atoms with E-state index in [2.05, 4.69) is 5.92 Å². The van der Waals surface area contributed by atoms with Gasteiger partial charge in [0.15, 0.2) is 0 Å². The second-order valence-electron chi connectivity index (χ2n) is 6.81. The molecule has 148 valence electrons. The van der Waals surface area contributed by atoms with Crippen LogP contribution < -0.4 is 9.64 Å². The molecule has 1 aromatic rings. The highest BCUT2D eigenvalue weighted by molar-refractivity contribution is 7.38. The molecule has 4 unspecified atom stereocenters. The third-order valence-corrected chi connectivity index (χ3v) is 6.80. The van der Waals surface area contributed by atoms with E-state index in [0.717, 1.165) is 30.0 Å². The highest BCUT2D eigenvalue weighted by atomic mass is 35.5. The van der Waals surface area contributed by atoms with Gasteiger partial charge in [-0.15, -0.1) is 12.3 Å². The maximum Gasteiger partial charge on any atom is 0.241 e. The zero-order valence-electron chi connectivity index (χ0n) is 15.6. The Balaban J connectivity index is 1.87. The van der Waals surface area contributed by atoms with Crippen LogP contribution in [0.4, 0.5) is 10.1 Å². The van der Waals surface area contributed by atoms with Gasteiger partial charge in [-0.3, -0.25) is 9.59 Å². The fraction of sp³-hybridized carbons (Fsp3) is 0.429. The van der Waals surface area contributed by atoms with Crippen LogP contribution in [-0.4, -0.2) is 23.8 Å². The summed E-state index contributed by atoms with van der Waals surface area (Å²) in [5.41, 5.74) is -0.0981. The van der Waals surface area contributed by atoms with Crippen LogP contribution in [0.15, 0.2) is 24.3 Å². The molecular weight excluding hydrogens is 400 g/mol. The zero-order chi connectivity index (χ0) is 20.3. The number of nitrogens with zero attached hydrogens (tertiary/aromatic N) is 1. The molecule has 1 fully saturated rings. The maximum absolute atomic E-state index is 14.6. The van der Waals surface area contributed by atoms with Crippen molar-refractivity contribution in [2.75, 3.05) is 11.1 Å². The molecule has 2 amide bonds. The number of carbonyl (C=O) groups excluding carboxylic acids is 2. The topological polar surface area (TPSA) is 46.6 Å². The van der Waals surface area contributed by atoms with Gasteiger partial charge in [0.05, 0.1) is 22.5 Å². The Morgan fingerprint density at radius 3 is 2.89 bits per heavy atom. The molecule has 1 saturated heterocycles. The number of hydrogen-bond donors (Lipinski definition) is 0. The van der Waals surface area contributed by atoms with Gasteiger partial charge in [0, 0.05) is 12.5 Å². The molecule has 1 aromatic carbocycles. The molecule has 0 saturated carbocycles. The minimum Gasteiger partial charge on any atom is -0.485 e. The lowest BCUT2D eigenvalue weighted by molar-refractivity contribution is -0.122. The van der Waals surface area contributed by atoms with E-state index >= 15 is 0 Å². The van der Waals surface area contributed by atoms with Gasteiger partial charge in [-0.05, 0) is 31.5 Å². The normalized spacial score (nSPS) is 22.6. The number of fused-ring (bicyclic) bond motifs is 1. The predicted molar refractivity (Wildman–Crippen MR) is 111 cm³/mol. The molecule has 1 aliphatic carbocycles. The largest absolute Gasteiger partial charge is 0.485 e. The van der Waals surface area contributed by atoms with Crippen LogP contribution in [0.5, 0.6) is 5.75 Å². The summed E-state index contributed by atoms with van der Waals surface area (Å²) in [5.74, 6) is 0.324. The van der Waals surface area contributed by atoms with Crippen LogP contribution in [0.3, 0.4) is 0 Å². The lowest BCUT2D eigenvalue weighted by Gasteiger charge is -2.21. The molecule has 4 nitrogen and oxygen atoms in total. The van der Waals surface area contributed by atoms with Gasteiger partial charge in [0.1, 0.15) is 17.4 Å². The van der Waals surface area contributed by atoms with Crippen molar-refractivity contribution in [3.05, 3.63) is 35.1 Å². The number of rotatable bonds is 7. The molecule has 0 bridgehead atoms. The van der Waals surface area contributed by atoms with Gasteiger partial charge < -0.3 is 4.74 Å². The number of imide groups is 1. The highest BCUT2D eigenvalue weighted by Crippen LogP contribution is 2.41. The van der Waals surface area contributed by atoms with Crippen molar-refractivity contribution in [3.8, 4) is 18.1 Å². The summed E-state index contributed by atoms with van der Waals surface area (Å²) in [4.78, 5) is 26.5. The zero-order valence-corrected chi connectivity index (χ0v) is 17.3. The van der Waals surface area contributed by atoms with Gasteiger partial charge >= 0.3 is 0 Å². The number of carbonyl (C=O) groups is 2. The number of ether oxygens (including phenoxy) is 1. The minimum atomic E-state index is -0.718.